The Bertz CT molecular complexity index is 25.6. The summed E-state index contributed by atoms with van der Waals surface area (Å²) in [7, 11) is 0. The van der Waals surface area contributed by atoms with Crippen LogP contribution in [0.5, 0.6) is 0 Å². The Hall–Kier alpha value is 1.12. The number of hydrogen-bond acceptors (Lipinski definition) is 1. The molecule has 0 aromatic carbocycles. The fraction of sp³-hybridized carbons (Fsp3) is 0. The number of aliphatic hydroxyl groups excluding tert-OH is 1. The molecule has 0 aliphatic heterocycles. The molecule has 1 atom stereocenters. The molecule has 26 valence electrons. The zero-order chi connectivity index (χ0) is 4.28. The van der Waals surface area contributed by atoms with Gasteiger partial charge < -0.3 is 5.11 Å². The molecule has 1 unspecified atom stereocenters. The summed E-state index contributed by atoms with van der Waals surface area (Å²) in [5.74, 6) is 0. The molecule has 0 radical (unpaired) electrons. The molecule has 1 N–H and O–H groups in total. The minimum atomic E-state index is -0.948. The van der Waals surface area contributed by atoms with E-state index < -0.39 is 6.17 Å². The van der Waals surface area contributed by atoms with Gasteiger partial charge in [0.1, 0.15) is 0 Å². The van der Waals surface area contributed by atoms with E-state index in [1.165, 1.54) is 0 Å². The molecule has 4 heavy (non-hydrogen) atoms. The van der Waals surface area contributed by atoms with Crippen LogP contribution in [0.15, 0.2) is 0 Å². The van der Waals surface area contributed by atoms with Gasteiger partial charge in [-0.05, 0) is 0 Å². The summed E-state index contributed by atoms with van der Waals surface area (Å²) >= 11 is 1.83. The molecule has 0 aromatic rings. The van der Waals surface area contributed by atoms with Gasteiger partial charge in [0.05, 0.1) is 0 Å². The number of hydrogen-bond donors (Lipinski definition) is 1. The highest BCUT2D eigenvalue weighted by Gasteiger charge is 1.41. The van der Waals surface area contributed by atoms with Crippen LogP contribution in [0.1, 0.15) is 0 Å². The Labute approximate surface area is 41.3 Å². The van der Waals surface area contributed by atoms with Crippen molar-refractivity contribution in [2.24, 2.45) is 0 Å². The van der Waals surface area contributed by atoms with Crippen LogP contribution in [-0.4, -0.2) is 6.39 Å². The van der Waals surface area contributed by atoms with Gasteiger partial charge in [-0.3, -0.25) is 0 Å². The van der Waals surface area contributed by atoms with Crippen LogP contribution >= 0.6 is 28.2 Å². The van der Waals surface area contributed by atoms with Gasteiger partial charge in [-0.15, -0.1) is 0 Å². The first kappa shape index (κ1) is 3.32. The fourth-order valence-corrected chi connectivity index (χ4v) is 0. The maximum absolute atomic E-state index is 7.85. The quantitative estimate of drug-likeness (QED) is 0.377. The van der Waals surface area contributed by atoms with Crippen molar-refractivity contribution < 1.29 is 5.11 Å². The maximum atomic E-state index is 7.85. The summed E-state index contributed by atoms with van der Waals surface area (Å²) < 4.78 is 6.57. The maximum Gasteiger partial charge on any atom is 0.0361 e. The molecule has 1 nitrogen and oxygen atoms in total. The third-order valence-corrected chi connectivity index (χ3v) is 0.878. The Morgan fingerprint density at radius 1 is 2.50 bits per heavy atom. The van der Waals surface area contributed by atoms with Gasteiger partial charge in [0.2, 0.25) is 0 Å². The summed E-state index contributed by atoms with van der Waals surface area (Å²) in [6, 6.07) is 0. The molecule has 0 aromatic heterocycles. The van der Waals surface area contributed by atoms with Gasteiger partial charge in [-0.1, -0.05) is 22.0 Å². The minimum absolute atomic E-state index is 0.885. The van der Waals surface area contributed by atoms with Crippen molar-refractivity contribution in [1.82, 2.24) is 0 Å². The summed E-state index contributed by atoms with van der Waals surface area (Å²) in [4.78, 5) is 0. The van der Waals surface area contributed by atoms with Crippen LogP contribution in [0.4, 0.5) is 0 Å². The Morgan fingerprint density at radius 2 is 2.75 bits per heavy atom. The number of aliphatic hydroxyl groups is 1. The summed E-state index contributed by atoms with van der Waals surface area (Å²) in [5.41, 5.74) is 0. The molecule has 0 heterocycles. The van der Waals surface area contributed by atoms with Crippen LogP contribution in [0.25, 0.3) is 0 Å². The SMILES string of the molecule is [2H]P(I)[CH-]O. The molecule has 0 amide bonds. The van der Waals surface area contributed by atoms with Crippen LogP contribution in [0, 0.1) is 6.35 Å². The molecule has 0 fully saturated rings. The predicted octanol–water partition coefficient (Wildman–Crippen LogP) is 1.51. The molecule has 0 rings (SSSR count). The van der Waals surface area contributed by atoms with Gasteiger partial charge in [0, 0.05) is 1.28 Å². The first-order valence-electron chi connectivity index (χ1n) is 1.13. The van der Waals surface area contributed by atoms with E-state index in [4.69, 9.17) is 6.39 Å². The lowest BCUT2D eigenvalue weighted by Gasteiger charge is -1.86. The molecule has 3 heteroatoms. The first-order chi connectivity index (χ1) is 2.27. The van der Waals surface area contributed by atoms with Gasteiger partial charge in [-0.2, -0.15) is 12.5 Å². The third kappa shape index (κ3) is 3.12. The largest absolute Gasteiger partial charge is 0.561 e. The van der Waals surface area contributed by atoms with E-state index in [9.17, 15) is 0 Å². The highest BCUT2D eigenvalue weighted by molar-refractivity contribution is 14.2. The van der Waals surface area contributed by atoms with Gasteiger partial charge in [0.25, 0.3) is 0 Å². The number of halogens is 1. The van der Waals surface area contributed by atoms with E-state index in [0.29, 0.717) is 0 Å². The highest BCUT2D eigenvalue weighted by atomic mass is 127. The van der Waals surface area contributed by atoms with Gasteiger partial charge in [0.15, 0.2) is 0 Å². The smallest absolute Gasteiger partial charge is 0.0361 e. The van der Waals surface area contributed by atoms with E-state index in [1.807, 2.05) is 22.0 Å². The molecule has 0 spiro atoms. The topological polar surface area (TPSA) is 20.2 Å². The molecule has 0 aliphatic rings. The second kappa shape index (κ2) is 4.12. The van der Waals surface area contributed by atoms with Crippen LogP contribution in [-0.2, 0) is 0 Å². The van der Waals surface area contributed by atoms with Crippen molar-refractivity contribution in [3.63, 3.8) is 0 Å². The van der Waals surface area contributed by atoms with E-state index in [-0.39, 0.29) is 0 Å². The average Bonchev–Trinajstić information content (AvgIpc) is 1.38. The van der Waals surface area contributed by atoms with Crippen LogP contribution < -0.4 is 0 Å². The normalized spacial score (nSPS) is 19.0. The molecular weight excluding hydrogens is 186 g/mol. The first-order valence-corrected chi connectivity index (χ1v) is 4.43. The van der Waals surface area contributed by atoms with E-state index in [0.717, 1.165) is 6.35 Å². The average molecular weight is 190 g/mol. The Kier molecular flexibility index (Phi) is 3.41. The zero-order valence-electron chi connectivity index (χ0n) is 2.85. The highest BCUT2D eigenvalue weighted by Crippen LogP contribution is 2.20. The standard InChI is InChI=1S/CH3IOP/c2-4-1-3/h1,3-4H/q-1/i4D. The van der Waals surface area contributed by atoms with Crippen molar-refractivity contribution in [3.05, 3.63) is 6.35 Å². The van der Waals surface area contributed by atoms with Crippen molar-refractivity contribution in [1.29, 1.82) is 1.28 Å². The lowest BCUT2D eigenvalue weighted by atomic mass is 11.7. The van der Waals surface area contributed by atoms with E-state index >= 15 is 0 Å². The monoisotopic (exact) mass is 190 g/mol. The second-order valence-corrected chi connectivity index (χ2v) is 2.31. The predicted molar refractivity (Wildman–Crippen MR) is 28.6 cm³/mol. The summed E-state index contributed by atoms with van der Waals surface area (Å²) in [5, 5.41) is 7.85. The van der Waals surface area contributed by atoms with Crippen molar-refractivity contribution in [2.75, 3.05) is 0 Å². The lowest BCUT2D eigenvalue weighted by Crippen LogP contribution is -1.38. The molecule has 0 saturated carbocycles. The Balaban J connectivity index is 2.54. The van der Waals surface area contributed by atoms with Gasteiger partial charge in [-0.25, -0.2) is 0 Å². The van der Waals surface area contributed by atoms with E-state index in [2.05, 4.69) is 0 Å². The summed E-state index contributed by atoms with van der Waals surface area (Å²) in [6.45, 7) is 0. The molecule has 0 aliphatic carbocycles. The zero-order valence-corrected chi connectivity index (χ0v) is 4.90. The van der Waals surface area contributed by atoms with Crippen molar-refractivity contribution in [3.8, 4) is 0 Å². The van der Waals surface area contributed by atoms with Crippen molar-refractivity contribution >= 4 is 28.2 Å². The molecule has 0 saturated heterocycles. The molecular formula is CH3IOP-. The lowest BCUT2D eigenvalue weighted by molar-refractivity contribution is 0.445. The van der Waals surface area contributed by atoms with E-state index in [1.54, 1.807) is 0 Å². The summed E-state index contributed by atoms with van der Waals surface area (Å²) in [6.07, 6.45) is -0.0629. The van der Waals surface area contributed by atoms with Crippen molar-refractivity contribution in [2.45, 2.75) is 0 Å². The minimum Gasteiger partial charge on any atom is -0.561 e. The van der Waals surface area contributed by atoms with Crippen LogP contribution in [0.3, 0.4) is 0 Å². The Morgan fingerprint density at radius 3 is 2.75 bits per heavy atom. The van der Waals surface area contributed by atoms with Gasteiger partial charge >= 0.3 is 0 Å². The van der Waals surface area contributed by atoms with Crippen LogP contribution in [0.2, 0.25) is 0 Å². The third-order valence-electron chi connectivity index (χ3n) is 0.0436. The molecule has 0 bridgehead atoms. The number of rotatable bonds is 1. The fourth-order valence-electron chi connectivity index (χ4n) is 0. The second-order valence-electron chi connectivity index (χ2n) is 0.213.